The highest BCUT2D eigenvalue weighted by molar-refractivity contribution is 5.88. The number of carboxylic acids is 1. The van der Waals surface area contributed by atoms with Crippen LogP contribution in [0.15, 0.2) is 24.4 Å². The molecule has 0 spiro atoms. The number of benzene rings is 1. The number of rotatable bonds is 6. The van der Waals surface area contributed by atoms with E-state index in [1.165, 1.54) is 29.1 Å². The monoisotopic (exact) mass is 346 g/mol. The number of carboxylic acid groups (broad SMARTS) is 1. The van der Waals surface area contributed by atoms with E-state index in [1.807, 2.05) is 0 Å². The summed E-state index contributed by atoms with van der Waals surface area (Å²) in [6.45, 7) is 1.32. The second-order valence-corrected chi connectivity index (χ2v) is 5.09. The SMILES string of the molecule is Cc1cc(F)ccc1-n1cc(OCCCC(F)(F)F)c(C(=O)O)n1. The maximum absolute atomic E-state index is 13.1. The molecule has 0 fully saturated rings. The van der Waals surface area contributed by atoms with Crippen LogP contribution in [-0.4, -0.2) is 33.6 Å². The number of halogens is 4. The van der Waals surface area contributed by atoms with Crippen LogP contribution in [0.1, 0.15) is 28.9 Å². The highest BCUT2D eigenvalue weighted by atomic mass is 19.4. The molecule has 0 radical (unpaired) electrons. The lowest BCUT2D eigenvalue weighted by molar-refractivity contribution is -0.136. The maximum atomic E-state index is 13.1. The average Bonchev–Trinajstić information content (AvgIpc) is 2.86. The van der Waals surface area contributed by atoms with Crippen molar-refractivity contribution < 1.29 is 32.2 Å². The number of nitrogens with zero attached hydrogens (tertiary/aromatic N) is 2. The Balaban J connectivity index is 2.19. The Kier molecular flexibility index (Phi) is 5.10. The lowest BCUT2D eigenvalue weighted by Gasteiger charge is -2.07. The first-order valence-corrected chi connectivity index (χ1v) is 6.96. The first-order chi connectivity index (χ1) is 11.2. The number of alkyl halides is 3. The molecule has 1 N–H and O–H groups in total. The van der Waals surface area contributed by atoms with Crippen molar-refractivity contribution in [3.63, 3.8) is 0 Å². The number of aryl methyl sites for hydroxylation is 1. The van der Waals surface area contributed by atoms with Gasteiger partial charge in [-0.05, 0) is 37.1 Å². The van der Waals surface area contributed by atoms with E-state index >= 15 is 0 Å². The molecule has 0 aliphatic carbocycles. The fraction of sp³-hybridized carbons (Fsp3) is 0.333. The van der Waals surface area contributed by atoms with Crippen LogP contribution in [0, 0.1) is 12.7 Å². The van der Waals surface area contributed by atoms with Crippen molar-refractivity contribution in [1.29, 1.82) is 0 Å². The van der Waals surface area contributed by atoms with E-state index in [1.54, 1.807) is 6.92 Å². The molecule has 0 bridgehead atoms. The van der Waals surface area contributed by atoms with E-state index in [2.05, 4.69) is 5.10 Å². The van der Waals surface area contributed by atoms with Gasteiger partial charge >= 0.3 is 12.1 Å². The maximum Gasteiger partial charge on any atom is 0.389 e. The van der Waals surface area contributed by atoms with Gasteiger partial charge in [0.25, 0.3) is 0 Å². The number of hydrogen-bond donors (Lipinski definition) is 1. The summed E-state index contributed by atoms with van der Waals surface area (Å²) < 4.78 is 55.7. The highest BCUT2D eigenvalue weighted by Gasteiger charge is 2.26. The molecule has 9 heteroatoms. The van der Waals surface area contributed by atoms with E-state index in [0.29, 0.717) is 11.3 Å². The Labute approximate surface area is 134 Å². The Bertz CT molecular complexity index is 741. The van der Waals surface area contributed by atoms with E-state index in [4.69, 9.17) is 9.84 Å². The number of aromatic nitrogens is 2. The van der Waals surface area contributed by atoms with Crippen molar-refractivity contribution in [1.82, 2.24) is 9.78 Å². The van der Waals surface area contributed by atoms with Gasteiger partial charge in [0, 0.05) is 6.42 Å². The fourth-order valence-electron chi connectivity index (χ4n) is 2.07. The van der Waals surface area contributed by atoms with Crippen molar-refractivity contribution in [2.75, 3.05) is 6.61 Å². The van der Waals surface area contributed by atoms with Gasteiger partial charge in [-0.1, -0.05) is 0 Å². The topological polar surface area (TPSA) is 64.3 Å². The van der Waals surface area contributed by atoms with Crippen LogP contribution in [0.25, 0.3) is 5.69 Å². The minimum atomic E-state index is -4.30. The number of aromatic carboxylic acids is 1. The van der Waals surface area contributed by atoms with Gasteiger partial charge in [0.1, 0.15) is 5.82 Å². The van der Waals surface area contributed by atoms with Crippen LogP contribution in [0.2, 0.25) is 0 Å². The Morgan fingerprint density at radius 3 is 2.67 bits per heavy atom. The molecule has 0 aliphatic rings. The molecule has 2 aromatic rings. The molecule has 0 saturated carbocycles. The van der Waals surface area contributed by atoms with Gasteiger partial charge in [-0.15, -0.1) is 0 Å². The van der Waals surface area contributed by atoms with Crippen molar-refractivity contribution in [2.24, 2.45) is 0 Å². The van der Waals surface area contributed by atoms with E-state index in [9.17, 15) is 22.4 Å². The largest absolute Gasteiger partial charge is 0.489 e. The minimum Gasteiger partial charge on any atom is -0.489 e. The molecule has 1 heterocycles. The van der Waals surface area contributed by atoms with Crippen LogP contribution >= 0.6 is 0 Å². The van der Waals surface area contributed by atoms with Gasteiger partial charge in [0.2, 0.25) is 5.69 Å². The summed E-state index contributed by atoms with van der Waals surface area (Å²) in [7, 11) is 0. The van der Waals surface area contributed by atoms with Crippen molar-refractivity contribution in [3.05, 3.63) is 41.5 Å². The molecule has 0 saturated heterocycles. The van der Waals surface area contributed by atoms with Gasteiger partial charge in [-0.3, -0.25) is 0 Å². The minimum absolute atomic E-state index is 0.145. The van der Waals surface area contributed by atoms with E-state index in [-0.39, 0.29) is 18.8 Å². The van der Waals surface area contributed by atoms with Crippen LogP contribution in [0.3, 0.4) is 0 Å². The predicted octanol–water partition coefficient (Wildman–Crippen LogP) is 3.74. The molecular weight excluding hydrogens is 332 g/mol. The smallest absolute Gasteiger partial charge is 0.389 e. The Morgan fingerprint density at radius 1 is 1.38 bits per heavy atom. The zero-order valence-corrected chi connectivity index (χ0v) is 12.6. The standard InChI is InChI=1S/C15H14F4N2O3/c1-9-7-10(16)3-4-11(9)21-8-12(13(20-21)14(22)23)24-6-2-5-15(17,18)19/h3-4,7-8H,2,5-6H2,1H3,(H,22,23). The number of hydrogen-bond acceptors (Lipinski definition) is 3. The zero-order valence-electron chi connectivity index (χ0n) is 12.6. The van der Waals surface area contributed by atoms with Crippen molar-refractivity contribution in [2.45, 2.75) is 25.9 Å². The second kappa shape index (κ2) is 6.90. The van der Waals surface area contributed by atoms with Gasteiger partial charge < -0.3 is 9.84 Å². The molecule has 24 heavy (non-hydrogen) atoms. The molecular formula is C15H14F4N2O3. The summed E-state index contributed by atoms with van der Waals surface area (Å²) >= 11 is 0. The molecule has 5 nitrogen and oxygen atoms in total. The van der Waals surface area contributed by atoms with Crippen molar-refractivity contribution in [3.8, 4) is 11.4 Å². The number of ether oxygens (including phenoxy) is 1. The third-order valence-corrected chi connectivity index (χ3v) is 3.15. The van der Waals surface area contributed by atoms with Crippen LogP contribution in [-0.2, 0) is 0 Å². The Morgan fingerprint density at radius 2 is 2.08 bits per heavy atom. The summed E-state index contributed by atoms with van der Waals surface area (Å²) in [4.78, 5) is 11.2. The predicted molar refractivity (Wildman–Crippen MR) is 76.0 cm³/mol. The van der Waals surface area contributed by atoms with Crippen molar-refractivity contribution >= 4 is 5.97 Å². The lowest BCUT2D eigenvalue weighted by Crippen LogP contribution is -2.10. The first kappa shape index (κ1) is 17.8. The third-order valence-electron chi connectivity index (χ3n) is 3.15. The molecule has 0 atom stereocenters. The Hall–Kier alpha value is -2.58. The van der Waals surface area contributed by atoms with Gasteiger partial charge in [-0.25, -0.2) is 13.9 Å². The lowest BCUT2D eigenvalue weighted by atomic mass is 10.2. The molecule has 1 aromatic carbocycles. The molecule has 0 aliphatic heterocycles. The summed E-state index contributed by atoms with van der Waals surface area (Å²) in [5.74, 6) is -1.97. The third kappa shape index (κ3) is 4.46. The zero-order chi connectivity index (χ0) is 17.9. The van der Waals surface area contributed by atoms with E-state index < -0.39 is 30.1 Å². The molecule has 130 valence electrons. The van der Waals surface area contributed by atoms with Crippen LogP contribution in [0.4, 0.5) is 17.6 Å². The van der Waals surface area contributed by atoms with E-state index in [0.717, 1.165) is 0 Å². The summed E-state index contributed by atoms with van der Waals surface area (Å²) in [6, 6.07) is 3.85. The van der Waals surface area contributed by atoms with Gasteiger partial charge in [-0.2, -0.15) is 18.3 Å². The second-order valence-electron chi connectivity index (χ2n) is 5.09. The summed E-state index contributed by atoms with van der Waals surface area (Å²) in [5, 5.41) is 13.0. The average molecular weight is 346 g/mol. The summed E-state index contributed by atoms with van der Waals surface area (Å²) in [6.07, 6.45) is -4.38. The normalized spacial score (nSPS) is 11.5. The van der Waals surface area contributed by atoms with Gasteiger partial charge in [0.15, 0.2) is 5.75 Å². The molecule has 0 amide bonds. The molecule has 2 rings (SSSR count). The number of carbonyl (C=O) groups is 1. The fourth-order valence-corrected chi connectivity index (χ4v) is 2.07. The highest BCUT2D eigenvalue weighted by Crippen LogP contribution is 2.24. The van der Waals surface area contributed by atoms with Crippen LogP contribution < -0.4 is 4.74 Å². The van der Waals surface area contributed by atoms with Crippen LogP contribution in [0.5, 0.6) is 5.75 Å². The molecule has 0 unspecified atom stereocenters. The quantitative estimate of drug-likeness (QED) is 0.639. The summed E-state index contributed by atoms with van der Waals surface area (Å²) in [5.41, 5.74) is 0.521. The van der Waals surface area contributed by atoms with Gasteiger partial charge in [0.05, 0.1) is 18.5 Å². The first-order valence-electron chi connectivity index (χ1n) is 6.96. The molecule has 1 aromatic heterocycles.